The lowest BCUT2D eigenvalue weighted by Crippen LogP contribution is -2.09. The Balaban J connectivity index is 2.29. The van der Waals surface area contributed by atoms with Gasteiger partial charge in [-0.1, -0.05) is 23.5 Å². The molecule has 0 aliphatic heterocycles. The topological polar surface area (TPSA) is 72.0 Å². The van der Waals surface area contributed by atoms with Crippen LogP contribution in [0.3, 0.4) is 0 Å². The van der Waals surface area contributed by atoms with E-state index in [9.17, 15) is 8.42 Å². The summed E-state index contributed by atoms with van der Waals surface area (Å²) in [5.41, 5.74) is 0.788. The normalized spacial score (nSPS) is 11.7. The molecule has 0 fully saturated rings. The third kappa shape index (κ3) is 3.59. The highest BCUT2D eigenvalue weighted by atomic mass is 32.2. The van der Waals surface area contributed by atoms with Crippen LogP contribution in [0, 0.1) is 0 Å². The van der Waals surface area contributed by atoms with Crippen LogP contribution in [0.4, 0.5) is 0 Å². The maximum atomic E-state index is 11.5. The Bertz CT molecular complexity index is 665. The molecule has 0 atom stereocenters. The number of aromatic nitrogens is 2. The van der Waals surface area contributed by atoms with E-state index < -0.39 is 9.84 Å². The minimum absolute atomic E-state index is 0.303. The standard InChI is InChI=1S/C12H15N3O2S2/c1-13-7-6-11-14-15-12(18-11)9-4-3-5-10(8-9)19(2,16)17/h3-5,8,13H,6-7H2,1-2H3. The van der Waals surface area contributed by atoms with E-state index in [-0.39, 0.29) is 0 Å². The number of nitrogens with one attached hydrogen (secondary N) is 1. The van der Waals surface area contributed by atoms with Gasteiger partial charge in [0.05, 0.1) is 4.90 Å². The van der Waals surface area contributed by atoms with Gasteiger partial charge in [-0.15, -0.1) is 10.2 Å². The number of rotatable bonds is 5. The fourth-order valence-corrected chi connectivity index (χ4v) is 3.07. The number of hydrogen-bond acceptors (Lipinski definition) is 6. The van der Waals surface area contributed by atoms with Crippen LogP contribution in [-0.4, -0.2) is 38.5 Å². The van der Waals surface area contributed by atoms with Gasteiger partial charge in [0.1, 0.15) is 10.0 Å². The van der Waals surface area contributed by atoms with E-state index in [1.165, 1.54) is 17.6 Å². The molecule has 102 valence electrons. The van der Waals surface area contributed by atoms with Crippen molar-refractivity contribution in [3.63, 3.8) is 0 Å². The summed E-state index contributed by atoms with van der Waals surface area (Å²) in [6.45, 7) is 0.845. The second-order valence-corrected chi connectivity index (χ2v) is 7.23. The zero-order valence-electron chi connectivity index (χ0n) is 10.8. The first kappa shape index (κ1) is 14.1. The van der Waals surface area contributed by atoms with Crippen LogP contribution in [0.1, 0.15) is 5.01 Å². The van der Waals surface area contributed by atoms with Gasteiger partial charge in [0.15, 0.2) is 9.84 Å². The van der Waals surface area contributed by atoms with Gasteiger partial charge in [-0.2, -0.15) is 0 Å². The van der Waals surface area contributed by atoms with E-state index in [1.807, 2.05) is 13.1 Å². The monoisotopic (exact) mass is 297 g/mol. The number of benzene rings is 1. The van der Waals surface area contributed by atoms with Gasteiger partial charge < -0.3 is 5.32 Å². The molecule has 19 heavy (non-hydrogen) atoms. The van der Waals surface area contributed by atoms with Gasteiger partial charge in [-0.05, 0) is 19.2 Å². The molecule has 0 unspecified atom stereocenters. The number of likely N-dealkylation sites (N-methyl/N-ethyl adjacent to an activating group) is 1. The van der Waals surface area contributed by atoms with Crippen molar-refractivity contribution in [2.45, 2.75) is 11.3 Å². The van der Waals surface area contributed by atoms with Crippen LogP contribution in [0.15, 0.2) is 29.2 Å². The van der Waals surface area contributed by atoms with Crippen molar-refractivity contribution in [2.24, 2.45) is 0 Å². The molecule has 1 N–H and O–H groups in total. The Morgan fingerprint density at radius 2 is 2.11 bits per heavy atom. The van der Waals surface area contributed by atoms with E-state index in [4.69, 9.17) is 0 Å². The summed E-state index contributed by atoms with van der Waals surface area (Å²) in [5, 5.41) is 12.9. The molecule has 2 rings (SSSR count). The molecule has 0 bridgehead atoms. The summed E-state index contributed by atoms with van der Waals surface area (Å²) in [6.07, 6.45) is 2.02. The Morgan fingerprint density at radius 1 is 1.32 bits per heavy atom. The summed E-state index contributed by atoms with van der Waals surface area (Å²) in [6, 6.07) is 6.79. The fourth-order valence-electron chi connectivity index (χ4n) is 1.56. The second kappa shape index (κ2) is 5.77. The Kier molecular flexibility index (Phi) is 4.28. The first-order chi connectivity index (χ1) is 9.00. The second-order valence-electron chi connectivity index (χ2n) is 4.15. The predicted octanol–water partition coefficient (Wildman–Crippen LogP) is 1.37. The van der Waals surface area contributed by atoms with Gasteiger partial charge in [-0.25, -0.2) is 8.42 Å². The third-order valence-electron chi connectivity index (χ3n) is 2.56. The van der Waals surface area contributed by atoms with Gasteiger partial charge in [0.25, 0.3) is 0 Å². The van der Waals surface area contributed by atoms with Crippen molar-refractivity contribution in [3.8, 4) is 10.6 Å². The van der Waals surface area contributed by atoms with Gasteiger partial charge in [0, 0.05) is 24.8 Å². The number of sulfone groups is 1. The molecule has 0 spiro atoms. The smallest absolute Gasteiger partial charge is 0.175 e. The molecular weight excluding hydrogens is 282 g/mol. The molecule has 2 aromatic rings. The molecule has 7 heteroatoms. The van der Waals surface area contributed by atoms with E-state index in [0.717, 1.165) is 28.5 Å². The highest BCUT2D eigenvalue weighted by molar-refractivity contribution is 7.90. The first-order valence-corrected chi connectivity index (χ1v) is 8.49. The van der Waals surface area contributed by atoms with Crippen molar-refractivity contribution >= 4 is 21.2 Å². The van der Waals surface area contributed by atoms with E-state index in [1.54, 1.807) is 18.2 Å². The zero-order chi connectivity index (χ0) is 13.9. The van der Waals surface area contributed by atoms with Crippen LogP contribution < -0.4 is 5.32 Å². The molecule has 0 radical (unpaired) electrons. The molecular formula is C12H15N3O2S2. The average Bonchev–Trinajstić information content (AvgIpc) is 2.84. The summed E-state index contributed by atoms with van der Waals surface area (Å²) in [5.74, 6) is 0. The van der Waals surface area contributed by atoms with E-state index in [0.29, 0.717) is 4.90 Å². The quantitative estimate of drug-likeness (QED) is 0.902. The van der Waals surface area contributed by atoms with Crippen molar-refractivity contribution in [3.05, 3.63) is 29.3 Å². The Hall–Kier alpha value is -1.31. The Morgan fingerprint density at radius 3 is 2.79 bits per heavy atom. The lowest BCUT2D eigenvalue weighted by molar-refractivity contribution is 0.602. The third-order valence-corrected chi connectivity index (χ3v) is 4.71. The van der Waals surface area contributed by atoms with Crippen molar-refractivity contribution in [1.29, 1.82) is 0 Å². The van der Waals surface area contributed by atoms with Crippen LogP contribution in [0.2, 0.25) is 0 Å². The first-order valence-electron chi connectivity index (χ1n) is 5.78. The molecule has 1 aromatic carbocycles. The SMILES string of the molecule is CNCCc1nnc(-c2cccc(S(C)(=O)=O)c2)s1. The summed E-state index contributed by atoms with van der Waals surface area (Å²) in [4.78, 5) is 0.303. The average molecular weight is 297 g/mol. The molecule has 0 saturated carbocycles. The Labute approximate surface area is 116 Å². The largest absolute Gasteiger partial charge is 0.319 e. The lowest BCUT2D eigenvalue weighted by atomic mass is 10.2. The van der Waals surface area contributed by atoms with E-state index in [2.05, 4.69) is 15.5 Å². The maximum Gasteiger partial charge on any atom is 0.175 e. The van der Waals surface area contributed by atoms with Crippen molar-refractivity contribution < 1.29 is 8.42 Å². The summed E-state index contributed by atoms with van der Waals surface area (Å²) >= 11 is 1.49. The summed E-state index contributed by atoms with van der Waals surface area (Å²) in [7, 11) is -1.31. The lowest BCUT2D eigenvalue weighted by Gasteiger charge is -2.00. The van der Waals surface area contributed by atoms with Crippen molar-refractivity contribution in [1.82, 2.24) is 15.5 Å². The van der Waals surface area contributed by atoms with Crippen LogP contribution in [0.5, 0.6) is 0 Å². The van der Waals surface area contributed by atoms with Crippen molar-refractivity contribution in [2.75, 3.05) is 19.8 Å². The number of hydrogen-bond donors (Lipinski definition) is 1. The minimum Gasteiger partial charge on any atom is -0.319 e. The highest BCUT2D eigenvalue weighted by Gasteiger charge is 2.11. The zero-order valence-corrected chi connectivity index (χ0v) is 12.4. The molecule has 1 heterocycles. The van der Waals surface area contributed by atoms with Crippen LogP contribution >= 0.6 is 11.3 Å². The molecule has 5 nitrogen and oxygen atoms in total. The van der Waals surface area contributed by atoms with Gasteiger partial charge >= 0.3 is 0 Å². The highest BCUT2D eigenvalue weighted by Crippen LogP contribution is 2.25. The predicted molar refractivity (Wildman–Crippen MR) is 76.1 cm³/mol. The van der Waals surface area contributed by atoms with Crippen LogP contribution in [-0.2, 0) is 16.3 Å². The fraction of sp³-hybridized carbons (Fsp3) is 0.333. The molecule has 0 saturated heterocycles. The van der Waals surface area contributed by atoms with Gasteiger partial charge in [0.2, 0.25) is 0 Å². The molecule has 0 amide bonds. The van der Waals surface area contributed by atoms with Crippen LogP contribution in [0.25, 0.3) is 10.6 Å². The molecule has 1 aromatic heterocycles. The number of nitrogens with zero attached hydrogens (tertiary/aromatic N) is 2. The minimum atomic E-state index is -3.19. The van der Waals surface area contributed by atoms with E-state index >= 15 is 0 Å². The molecule has 0 aliphatic rings. The summed E-state index contributed by atoms with van der Waals surface area (Å²) < 4.78 is 23.0. The van der Waals surface area contributed by atoms with Gasteiger partial charge in [-0.3, -0.25) is 0 Å². The maximum absolute atomic E-state index is 11.5. The molecule has 0 aliphatic carbocycles.